The fourth-order valence-corrected chi connectivity index (χ4v) is 6.54. The third-order valence-electron chi connectivity index (χ3n) is 6.83. The van der Waals surface area contributed by atoms with Crippen molar-refractivity contribution in [1.82, 2.24) is 10.2 Å². The number of para-hydroxylation sites is 1. The van der Waals surface area contributed by atoms with Gasteiger partial charge in [-0.1, -0.05) is 110 Å². The molecule has 5 aromatic rings. The number of carbonyl (C=O) groups is 2. The first-order valence-electron chi connectivity index (χ1n) is 12.8. The zero-order chi connectivity index (χ0) is 27.8. The highest BCUT2D eigenvalue weighted by molar-refractivity contribution is 8.00. The van der Waals surface area contributed by atoms with Crippen molar-refractivity contribution in [2.45, 2.75) is 35.9 Å². The number of amides is 1. The van der Waals surface area contributed by atoms with Crippen molar-refractivity contribution in [2.24, 2.45) is 0 Å². The first-order valence-corrected chi connectivity index (χ1v) is 14.6. The number of nitrogens with zero attached hydrogens (tertiary/aromatic N) is 3. The Hall–Kier alpha value is -4.21. The predicted molar refractivity (Wildman–Crippen MR) is 157 cm³/mol. The number of carbonyl (C=O) groups excluding carboxylic acids is 2. The van der Waals surface area contributed by atoms with Crippen molar-refractivity contribution >= 4 is 50.9 Å². The lowest BCUT2D eigenvalue weighted by Crippen LogP contribution is -2.31. The van der Waals surface area contributed by atoms with E-state index in [-0.39, 0.29) is 11.3 Å². The Morgan fingerprint density at radius 2 is 1.75 bits per heavy atom. The number of aliphatic hydroxyl groups excluding tert-OH is 1. The molecular formula is C31H25N3O4S2. The third-order valence-corrected chi connectivity index (χ3v) is 8.95. The average molecular weight is 568 g/mol. The van der Waals surface area contributed by atoms with E-state index in [0.29, 0.717) is 32.3 Å². The molecule has 200 valence electrons. The Kier molecular flexibility index (Phi) is 7.00. The molecule has 1 aliphatic rings. The van der Waals surface area contributed by atoms with Gasteiger partial charge in [0.25, 0.3) is 5.91 Å². The molecule has 0 saturated carbocycles. The number of furan rings is 1. The van der Waals surface area contributed by atoms with Gasteiger partial charge in [0, 0.05) is 11.1 Å². The van der Waals surface area contributed by atoms with Crippen LogP contribution in [-0.4, -0.2) is 27.0 Å². The molecule has 6 rings (SSSR count). The number of rotatable bonds is 8. The average Bonchev–Trinajstić information content (AvgIpc) is 3.69. The Morgan fingerprint density at radius 3 is 2.48 bits per heavy atom. The predicted octanol–water partition coefficient (Wildman–Crippen LogP) is 7.48. The SMILES string of the molecule is CC(C)c1ccc(C2C(C(=O)c3cc4ccccc4o3)=C(O)C(=O)N2c2nnc(SCc3ccccc3)s2)cc1. The molecule has 1 N–H and O–H groups in total. The van der Waals surface area contributed by atoms with Crippen LogP contribution in [0, 0.1) is 0 Å². The lowest BCUT2D eigenvalue weighted by atomic mass is 9.93. The molecule has 0 bridgehead atoms. The number of Topliss-reactive ketones (excluding diaryl/α,β-unsaturated/α-hetero) is 1. The molecule has 0 aliphatic carbocycles. The van der Waals surface area contributed by atoms with Gasteiger partial charge in [0.05, 0.1) is 11.6 Å². The Morgan fingerprint density at radius 1 is 1.02 bits per heavy atom. The second-order valence-electron chi connectivity index (χ2n) is 9.76. The van der Waals surface area contributed by atoms with Gasteiger partial charge in [0.15, 0.2) is 15.9 Å². The van der Waals surface area contributed by atoms with Gasteiger partial charge in [0.1, 0.15) is 5.58 Å². The molecule has 1 atom stereocenters. The van der Waals surface area contributed by atoms with Crippen molar-refractivity contribution < 1.29 is 19.1 Å². The molecule has 1 unspecified atom stereocenters. The van der Waals surface area contributed by atoms with Gasteiger partial charge in [-0.25, -0.2) is 0 Å². The Balaban J connectivity index is 1.38. The van der Waals surface area contributed by atoms with Crippen LogP contribution in [0.2, 0.25) is 0 Å². The fraction of sp³-hybridized carbons (Fsp3) is 0.161. The zero-order valence-corrected chi connectivity index (χ0v) is 23.4. The molecule has 3 heterocycles. The summed E-state index contributed by atoms with van der Waals surface area (Å²) in [5.74, 6) is -0.806. The quantitative estimate of drug-likeness (QED) is 0.118. The molecule has 0 radical (unpaired) electrons. The van der Waals surface area contributed by atoms with Gasteiger partial charge >= 0.3 is 0 Å². The molecule has 1 amide bonds. The monoisotopic (exact) mass is 567 g/mol. The van der Waals surface area contributed by atoms with Crippen LogP contribution in [-0.2, 0) is 10.5 Å². The van der Waals surface area contributed by atoms with Gasteiger partial charge in [-0.3, -0.25) is 14.5 Å². The maximum Gasteiger partial charge on any atom is 0.296 e. The van der Waals surface area contributed by atoms with E-state index in [1.807, 2.05) is 72.8 Å². The smallest absolute Gasteiger partial charge is 0.296 e. The first-order chi connectivity index (χ1) is 19.4. The number of hydrogen-bond donors (Lipinski definition) is 1. The standard InChI is InChI=1S/C31H25N3O4S2/c1-18(2)20-12-14-21(15-13-20)26-25(27(35)24-16-22-10-6-7-11-23(22)38-24)28(36)29(37)34(26)30-32-33-31(40-30)39-17-19-8-4-3-5-9-19/h3-16,18,26,36H,17H2,1-2H3. The molecule has 7 nitrogen and oxygen atoms in total. The van der Waals surface area contributed by atoms with Crippen LogP contribution in [0.1, 0.15) is 53.1 Å². The van der Waals surface area contributed by atoms with Crippen molar-refractivity contribution in [1.29, 1.82) is 0 Å². The topological polar surface area (TPSA) is 96.5 Å². The number of thioether (sulfide) groups is 1. The summed E-state index contributed by atoms with van der Waals surface area (Å²) in [5, 5.41) is 20.8. The van der Waals surface area contributed by atoms with Crippen LogP contribution in [0.4, 0.5) is 5.13 Å². The minimum absolute atomic E-state index is 0.0463. The maximum atomic E-state index is 13.8. The molecule has 1 aliphatic heterocycles. The van der Waals surface area contributed by atoms with E-state index in [1.54, 1.807) is 12.1 Å². The fourth-order valence-electron chi connectivity index (χ4n) is 4.72. The van der Waals surface area contributed by atoms with Crippen LogP contribution in [0.15, 0.2) is 105 Å². The normalized spacial score (nSPS) is 15.5. The van der Waals surface area contributed by atoms with Crippen LogP contribution in [0.3, 0.4) is 0 Å². The number of hydrogen-bond acceptors (Lipinski definition) is 8. The number of fused-ring (bicyclic) bond motifs is 1. The van der Waals surface area contributed by atoms with Gasteiger partial charge in [0.2, 0.25) is 10.9 Å². The summed E-state index contributed by atoms with van der Waals surface area (Å²) in [6.45, 7) is 4.19. The van der Waals surface area contributed by atoms with Crippen LogP contribution < -0.4 is 4.90 Å². The Labute approximate surface area is 239 Å². The lowest BCUT2D eigenvalue weighted by Gasteiger charge is -2.24. The second-order valence-corrected chi connectivity index (χ2v) is 11.9. The largest absolute Gasteiger partial charge is 0.503 e. The summed E-state index contributed by atoms with van der Waals surface area (Å²) in [4.78, 5) is 28.7. The lowest BCUT2D eigenvalue weighted by molar-refractivity contribution is -0.117. The zero-order valence-electron chi connectivity index (χ0n) is 21.8. The van der Waals surface area contributed by atoms with E-state index in [0.717, 1.165) is 16.5 Å². The number of ketones is 1. The minimum atomic E-state index is -0.894. The molecule has 0 fully saturated rings. The second kappa shape index (κ2) is 10.7. The van der Waals surface area contributed by atoms with Crippen LogP contribution in [0.25, 0.3) is 11.0 Å². The van der Waals surface area contributed by atoms with E-state index in [4.69, 9.17) is 4.42 Å². The van der Waals surface area contributed by atoms with E-state index in [2.05, 4.69) is 24.0 Å². The van der Waals surface area contributed by atoms with Crippen molar-refractivity contribution in [3.05, 3.63) is 119 Å². The maximum absolute atomic E-state index is 13.8. The van der Waals surface area contributed by atoms with Crippen LogP contribution >= 0.6 is 23.1 Å². The van der Waals surface area contributed by atoms with Gasteiger partial charge < -0.3 is 9.52 Å². The highest BCUT2D eigenvalue weighted by Crippen LogP contribution is 2.44. The highest BCUT2D eigenvalue weighted by Gasteiger charge is 2.46. The molecule has 40 heavy (non-hydrogen) atoms. The molecule has 3 aromatic carbocycles. The number of aromatic nitrogens is 2. The number of benzene rings is 3. The van der Waals surface area contributed by atoms with Crippen LogP contribution in [0.5, 0.6) is 0 Å². The summed E-state index contributed by atoms with van der Waals surface area (Å²) in [6, 6.07) is 25.7. The van der Waals surface area contributed by atoms with Crippen molar-refractivity contribution in [3.63, 3.8) is 0 Å². The van der Waals surface area contributed by atoms with Gasteiger partial charge in [-0.05, 0) is 34.7 Å². The molecule has 0 saturated heterocycles. The van der Waals surface area contributed by atoms with E-state index in [1.165, 1.54) is 28.0 Å². The Bertz CT molecular complexity index is 1710. The molecule has 9 heteroatoms. The molecular weight excluding hydrogens is 542 g/mol. The summed E-state index contributed by atoms with van der Waals surface area (Å²) in [5.41, 5.74) is 3.44. The summed E-state index contributed by atoms with van der Waals surface area (Å²) in [7, 11) is 0. The van der Waals surface area contributed by atoms with Crippen molar-refractivity contribution in [2.75, 3.05) is 4.90 Å². The number of aliphatic hydroxyl groups is 1. The summed E-state index contributed by atoms with van der Waals surface area (Å²) < 4.78 is 6.50. The van der Waals surface area contributed by atoms with Gasteiger partial charge in [-0.2, -0.15) is 0 Å². The van der Waals surface area contributed by atoms with E-state index >= 15 is 0 Å². The molecule has 0 spiro atoms. The van der Waals surface area contributed by atoms with E-state index in [9.17, 15) is 14.7 Å². The summed E-state index contributed by atoms with van der Waals surface area (Å²) in [6.07, 6.45) is 0. The highest BCUT2D eigenvalue weighted by atomic mass is 32.2. The third kappa shape index (κ3) is 4.82. The first kappa shape index (κ1) is 26.0. The minimum Gasteiger partial charge on any atom is -0.503 e. The number of anilines is 1. The van der Waals surface area contributed by atoms with E-state index < -0.39 is 23.5 Å². The summed E-state index contributed by atoms with van der Waals surface area (Å²) >= 11 is 2.76. The van der Waals surface area contributed by atoms with Gasteiger partial charge in [-0.15, -0.1) is 10.2 Å². The molecule has 2 aromatic heterocycles. The van der Waals surface area contributed by atoms with Crippen molar-refractivity contribution in [3.8, 4) is 0 Å².